The van der Waals surface area contributed by atoms with E-state index < -0.39 is 0 Å². The summed E-state index contributed by atoms with van der Waals surface area (Å²) >= 11 is 0. The van der Waals surface area contributed by atoms with Gasteiger partial charge in [0.1, 0.15) is 5.75 Å². The SMILES string of the molecule is COc1ccccc1C(N)CN1CCCC1C1CCCC1. The number of para-hydroxylation sites is 1. The van der Waals surface area contributed by atoms with E-state index in [1.54, 1.807) is 7.11 Å². The molecular weight excluding hydrogens is 260 g/mol. The van der Waals surface area contributed by atoms with E-state index in [1.807, 2.05) is 12.1 Å². The third-order valence-electron chi connectivity index (χ3n) is 5.33. The second-order valence-electron chi connectivity index (χ2n) is 6.60. The average Bonchev–Trinajstić information content (AvgIpc) is 3.17. The van der Waals surface area contributed by atoms with Gasteiger partial charge in [-0.1, -0.05) is 31.0 Å². The lowest BCUT2D eigenvalue weighted by atomic mass is 9.95. The number of likely N-dealkylation sites (tertiary alicyclic amines) is 1. The lowest BCUT2D eigenvalue weighted by molar-refractivity contribution is 0.180. The number of rotatable bonds is 5. The van der Waals surface area contributed by atoms with Crippen LogP contribution in [0.5, 0.6) is 5.75 Å². The summed E-state index contributed by atoms with van der Waals surface area (Å²) in [7, 11) is 1.72. The molecule has 21 heavy (non-hydrogen) atoms. The molecule has 0 bridgehead atoms. The highest BCUT2D eigenvalue weighted by Gasteiger charge is 2.34. The monoisotopic (exact) mass is 288 g/mol. The predicted octanol–water partition coefficient (Wildman–Crippen LogP) is 3.35. The van der Waals surface area contributed by atoms with Crippen molar-refractivity contribution in [2.24, 2.45) is 11.7 Å². The Morgan fingerprint density at radius 1 is 1.19 bits per heavy atom. The van der Waals surface area contributed by atoms with Crippen LogP contribution in [0.3, 0.4) is 0 Å². The molecule has 0 amide bonds. The molecule has 1 aromatic rings. The smallest absolute Gasteiger partial charge is 0.123 e. The summed E-state index contributed by atoms with van der Waals surface area (Å²) in [6.07, 6.45) is 8.39. The molecule has 2 unspecified atom stereocenters. The van der Waals surface area contributed by atoms with Crippen LogP contribution in [0.1, 0.15) is 50.1 Å². The molecule has 3 heteroatoms. The Balaban J connectivity index is 1.67. The maximum atomic E-state index is 6.49. The summed E-state index contributed by atoms with van der Waals surface area (Å²) < 4.78 is 5.46. The summed E-state index contributed by atoms with van der Waals surface area (Å²) in [5.74, 6) is 1.83. The van der Waals surface area contributed by atoms with Crippen LogP contribution in [0, 0.1) is 5.92 Å². The fraction of sp³-hybridized carbons (Fsp3) is 0.667. The highest BCUT2D eigenvalue weighted by Crippen LogP contribution is 2.36. The first-order chi connectivity index (χ1) is 10.3. The quantitative estimate of drug-likeness (QED) is 0.903. The van der Waals surface area contributed by atoms with E-state index in [4.69, 9.17) is 10.5 Å². The Labute approximate surface area is 128 Å². The number of nitrogens with two attached hydrogens (primary N) is 1. The van der Waals surface area contributed by atoms with Crippen LogP contribution in [-0.4, -0.2) is 31.1 Å². The van der Waals surface area contributed by atoms with Crippen LogP contribution in [0.4, 0.5) is 0 Å². The lowest BCUT2D eigenvalue weighted by Crippen LogP contribution is -2.39. The van der Waals surface area contributed by atoms with Crippen molar-refractivity contribution in [3.05, 3.63) is 29.8 Å². The number of benzene rings is 1. The van der Waals surface area contributed by atoms with Gasteiger partial charge in [-0.15, -0.1) is 0 Å². The molecular formula is C18H28N2O. The van der Waals surface area contributed by atoms with Crippen molar-refractivity contribution in [1.82, 2.24) is 4.90 Å². The third-order valence-corrected chi connectivity index (χ3v) is 5.33. The first-order valence-corrected chi connectivity index (χ1v) is 8.42. The highest BCUT2D eigenvalue weighted by molar-refractivity contribution is 5.35. The molecule has 0 radical (unpaired) electrons. The van der Waals surface area contributed by atoms with E-state index >= 15 is 0 Å². The van der Waals surface area contributed by atoms with Crippen molar-refractivity contribution >= 4 is 0 Å². The molecule has 1 aromatic carbocycles. The molecule has 3 nitrogen and oxygen atoms in total. The minimum Gasteiger partial charge on any atom is -0.496 e. The standard InChI is InChI=1S/C18H28N2O/c1-21-18-11-5-4-9-15(18)16(19)13-20-12-6-10-17(20)14-7-2-3-8-14/h4-5,9,11,14,16-17H,2-3,6-8,10,12-13,19H2,1H3. The molecule has 1 aliphatic carbocycles. The first kappa shape index (κ1) is 14.9. The molecule has 2 N–H and O–H groups in total. The molecule has 1 heterocycles. The minimum atomic E-state index is 0.0446. The van der Waals surface area contributed by atoms with Crippen molar-refractivity contribution in [3.8, 4) is 5.75 Å². The summed E-state index contributed by atoms with van der Waals surface area (Å²) in [4.78, 5) is 2.65. The van der Waals surface area contributed by atoms with E-state index in [2.05, 4.69) is 17.0 Å². The van der Waals surface area contributed by atoms with Gasteiger partial charge in [-0.25, -0.2) is 0 Å². The van der Waals surface area contributed by atoms with Crippen molar-refractivity contribution in [1.29, 1.82) is 0 Å². The van der Waals surface area contributed by atoms with Crippen LogP contribution >= 0.6 is 0 Å². The molecule has 1 aliphatic heterocycles. The van der Waals surface area contributed by atoms with Crippen molar-refractivity contribution in [2.45, 2.75) is 50.6 Å². The van der Waals surface area contributed by atoms with Crippen LogP contribution in [-0.2, 0) is 0 Å². The average molecular weight is 288 g/mol. The number of ether oxygens (including phenoxy) is 1. The molecule has 1 saturated heterocycles. The van der Waals surface area contributed by atoms with Gasteiger partial charge in [-0.3, -0.25) is 4.90 Å². The Morgan fingerprint density at radius 2 is 1.95 bits per heavy atom. The zero-order valence-corrected chi connectivity index (χ0v) is 13.1. The van der Waals surface area contributed by atoms with Gasteiger partial charge in [0.05, 0.1) is 7.11 Å². The minimum absolute atomic E-state index is 0.0446. The van der Waals surface area contributed by atoms with Gasteiger partial charge < -0.3 is 10.5 Å². The maximum absolute atomic E-state index is 6.49. The Morgan fingerprint density at radius 3 is 2.71 bits per heavy atom. The molecule has 116 valence electrons. The second kappa shape index (κ2) is 6.80. The van der Waals surface area contributed by atoms with Crippen LogP contribution in [0.25, 0.3) is 0 Å². The zero-order chi connectivity index (χ0) is 14.7. The van der Waals surface area contributed by atoms with Crippen molar-refractivity contribution in [3.63, 3.8) is 0 Å². The molecule has 3 rings (SSSR count). The van der Waals surface area contributed by atoms with E-state index in [-0.39, 0.29) is 6.04 Å². The Hall–Kier alpha value is -1.06. The summed E-state index contributed by atoms with van der Waals surface area (Å²) in [6, 6.07) is 8.98. The topological polar surface area (TPSA) is 38.5 Å². The zero-order valence-electron chi connectivity index (χ0n) is 13.1. The van der Waals surface area contributed by atoms with E-state index in [9.17, 15) is 0 Å². The fourth-order valence-electron chi connectivity index (χ4n) is 4.28. The number of nitrogens with zero attached hydrogens (tertiary/aromatic N) is 1. The van der Waals surface area contributed by atoms with Gasteiger partial charge in [0.25, 0.3) is 0 Å². The first-order valence-electron chi connectivity index (χ1n) is 8.42. The molecule has 2 atom stereocenters. The Bertz CT molecular complexity index is 456. The van der Waals surface area contributed by atoms with Gasteiger partial charge in [-0.05, 0) is 44.2 Å². The number of hydrogen-bond donors (Lipinski definition) is 1. The van der Waals surface area contributed by atoms with Gasteiger partial charge in [-0.2, -0.15) is 0 Å². The fourth-order valence-corrected chi connectivity index (χ4v) is 4.28. The Kier molecular flexibility index (Phi) is 4.81. The lowest BCUT2D eigenvalue weighted by Gasteiger charge is -2.31. The number of hydrogen-bond acceptors (Lipinski definition) is 3. The summed E-state index contributed by atoms with van der Waals surface area (Å²) in [5, 5.41) is 0. The number of methoxy groups -OCH3 is 1. The molecule has 2 aliphatic rings. The normalized spacial score (nSPS) is 25.3. The maximum Gasteiger partial charge on any atom is 0.123 e. The second-order valence-corrected chi connectivity index (χ2v) is 6.60. The van der Waals surface area contributed by atoms with Gasteiger partial charge in [0.15, 0.2) is 0 Å². The van der Waals surface area contributed by atoms with Crippen molar-refractivity contribution in [2.75, 3.05) is 20.2 Å². The van der Waals surface area contributed by atoms with Gasteiger partial charge in [0, 0.05) is 24.2 Å². The molecule has 0 spiro atoms. The highest BCUT2D eigenvalue weighted by atomic mass is 16.5. The third kappa shape index (κ3) is 3.24. The van der Waals surface area contributed by atoms with E-state index in [0.29, 0.717) is 0 Å². The van der Waals surface area contributed by atoms with Crippen LogP contribution in [0.2, 0.25) is 0 Å². The molecule has 2 fully saturated rings. The van der Waals surface area contributed by atoms with Gasteiger partial charge >= 0.3 is 0 Å². The van der Waals surface area contributed by atoms with E-state index in [0.717, 1.165) is 29.8 Å². The summed E-state index contributed by atoms with van der Waals surface area (Å²) in [5.41, 5.74) is 7.63. The van der Waals surface area contributed by atoms with Crippen LogP contribution in [0.15, 0.2) is 24.3 Å². The van der Waals surface area contributed by atoms with Crippen LogP contribution < -0.4 is 10.5 Å². The van der Waals surface area contributed by atoms with Gasteiger partial charge in [0.2, 0.25) is 0 Å². The molecule has 1 saturated carbocycles. The summed E-state index contributed by atoms with van der Waals surface area (Å²) in [6.45, 7) is 2.17. The molecule has 0 aromatic heterocycles. The largest absolute Gasteiger partial charge is 0.496 e. The van der Waals surface area contributed by atoms with E-state index in [1.165, 1.54) is 45.1 Å². The van der Waals surface area contributed by atoms with Crippen molar-refractivity contribution < 1.29 is 4.74 Å². The predicted molar refractivity (Wildman–Crippen MR) is 86.5 cm³/mol.